The van der Waals surface area contributed by atoms with Crippen molar-refractivity contribution in [2.75, 3.05) is 0 Å². The monoisotopic (exact) mass is 418 g/mol. The average Bonchev–Trinajstić information content (AvgIpc) is 2.65. The third-order valence-electron chi connectivity index (χ3n) is 4.69. The summed E-state index contributed by atoms with van der Waals surface area (Å²) in [5.74, 6) is -0.236. The van der Waals surface area contributed by atoms with Gasteiger partial charge in [0.05, 0.1) is 12.1 Å². The highest BCUT2D eigenvalue weighted by molar-refractivity contribution is 6.02. The number of hydrogen-bond donors (Lipinski definition) is 3. The fraction of sp³-hybridized carbons (Fsp3) is 0.652. The maximum absolute atomic E-state index is 13.1. The van der Waals surface area contributed by atoms with Crippen molar-refractivity contribution >= 4 is 17.6 Å². The summed E-state index contributed by atoms with van der Waals surface area (Å²) in [6.07, 6.45) is 4.59. The molecule has 1 aromatic heterocycles. The summed E-state index contributed by atoms with van der Waals surface area (Å²) >= 11 is 0. The summed E-state index contributed by atoms with van der Waals surface area (Å²) < 4.78 is 0. The van der Waals surface area contributed by atoms with Gasteiger partial charge in [0, 0.05) is 18.0 Å². The molecule has 2 amide bonds. The van der Waals surface area contributed by atoms with Crippen LogP contribution in [0.4, 0.5) is 0 Å². The zero-order chi connectivity index (χ0) is 22.8. The van der Waals surface area contributed by atoms with Crippen LogP contribution in [0.15, 0.2) is 24.5 Å². The predicted octanol–water partition coefficient (Wildman–Crippen LogP) is 2.70. The average molecular weight is 419 g/mol. The largest absolute Gasteiger partial charge is 0.344 e. The minimum atomic E-state index is -0.743. The molecule has 0 aliphatic heterocycles. The van der Waals surface area contributed by atoms with Gasteiger partial charge in [-0.3, -0.25) is 19.4 Å². The molecule has 7 heteroatoms. The second-order valence-electron chi connectivity index (χ2n) is 9.22. The Bertz CT molecular complexity index is 689. The number of hydrogen-bond acceptors (Lipinski definition) is 5. The zero-order valence-corrected chi connectivity index (χ0v) is 19.1. The molecule has 1 aromatic rings. The maximum atomic E-state index is 13.1. The van der Waals surface area contributed by atoms with E-state index < -0.39 is 18.1 Å². The number of carbonyl (C=O) groups is 3. The van der Waals surface area contributed by atoms with Gasteiger partial charge in [-0.1, -0.05) is 41.5 Å². The molecule has 0 aromatic carbocycles. The van der Waals surface area contributed by atoms with Crippen LogP contribution in [0, 0.1) is 17.8 Å². The first-order valence-electron chi connectivity index (χ1n) is 10.8. The summed E-state index contributed by atoms with van der Waals surface area (Å²) in [4.78, 5) is 42.5. The van der Waals surface area contributed by atoms with E-state index in [2.05, 4.69) is 15.6 Å². The number of pyridine rings is 1. The van der Waals surface area contributed by atoms with Crippen LogP contribution in [0.3, 0.4) is 0 Å². The highest BCUT2D eigenvalue weighted by Gasteiger charge is 2.29. The third kappa shape index (κ3) is 9.03. The van der Waals surface area contributed by atoms with Crippen molar-refractivity contribution in [2.24, 2.45) is 23.5 Å². The molecular weight excluding hydrogens is 380 g/mol. The van der Waals surface area contributed by atoms with Crippen molar-refractivity contribution in [3.8, 4) is 0 Å². The number of nitrogens with zero attached hydrogens (tertiary/aromatic N) is 1. The molecule has 3 atom stereocenters. The predicted molar refractivity (Wildman–Crippen MR) is 119 cm³/mol. The summed E-state index contributed by atoms with van der Waals surface area (Å²) in [7, 11) is 0. The smallest absolute Gasteiger partial charge is 0.243 e. The van der Waals surface area contributed by atoms with Crippen LogP contribution in [0.2, 0.25) is 0 Å². The lowest BCUT2D eigenvalue weighted by atomic mass is 9.95. The Balaban J connectivity index is 2.96. The Morgan fingerprint density at radius 1 is 0.867 bits per heavy atom. The van der Waals surface area contributed by atoms with Crippen LogP contribution in [0.25, 0.3) is 0 Å². The van der Waals surface area contributed by atoms with Crippen LogP contribution < -0.4 is 16.4 Å². The Kier molecular flexibility index (Phi) is 10.7. The standard InChI is InChI=1S/C23H38N4O3/c1-14(2)10-18(24)22(29)27-20(12-16(5)6)23(30)26-19(11-15(3)4)21(28)17-8-7-9-25-13-17/h7-9,13-16,18-20H,10-12,24H2,1-6H3,(H,26,30)(H,27,29)/t18-,19-,20-/m0/s1. The van der Waals surface area contributed by atoms with Gasteiger partial charge in [-0.25, -0.2) is 0 Å². The molecule has 1 rings (SSSR count). The molecule has 0 fully saturated rings. The van der Waals surface area contributed by atoms with Crippen molar-refractivity contribution in [1.82, 2.24) is 15.6 Å². The van der Waals surface area contributed by atoms with Crippen LogP contribution >= 0.6 is 0 Å². The number of rotatable bonds is 12. The van der Waals surface area contributed by atoms with E-state index in [4.69, 9.17) is 5.73 Å². The number of Topliss-reactive ketones (excluding diaryl/α,β-unsaturated/α-hetero) is 1. The summed E-state index contributed by atoms with van der Waals surface area (Å²) in [5, 5.41) is 5.66. The fourth-order valence-electron chi connectivity index (χ4n) is 3.28. The Morgan fingerprint density at radius 3 is 1.90 bits per heavy atom. The van der Waals surface area contributed by atoms with E-state index in [1.165, 1.54) is 6.20 Å². The van der Waals surface area contributed by atoms with E-state index >= 15 is 0 Å². The van der Waals surface area contributed by atoms with Gasteiger partial charge in [-0.05, 0) is 49.1 Å². The second-order valence-corrected chi connectivity index (χ2v) is 9.22. The SMILES string of the molecule is CC(C)C[C@H](NC(=O)[C@@H](N)CC(C)C)C(=O)N[C@@H](CC(C)C)C(=O)c1cccnc1. The van der Waals surface area contributed by atoms with Crippen molar-refractivity contribution in [1.29, 1.82) is 0 Å². The number of carbonyl (C=O) groups excluding carboxylic acids is 3. The maximum Gasteiger partial charge on any atom is 0.243 e. The molecular formula is C23H38N4O3. The van der Waals surface area contributed by atoms with Gasteiger partial charge >= 0.3 is 0 Å². The number of aromatic nitrogens is 1. The molecule has 0 aliphatic rings. The second kappa shape index (κ2) is 12.4. The van der Waals surface area contributed by atoms with Crippen molar-refractivity contribution in [2.45, 2.75) is 78.9 Å². The van der Waals surface area contributed by atoms with Gasteiger partial charge in [0.2, 0.25) is 11.8 Å². The Labute approximate surface area is 180 Å². The van der Waals surface area contributed by atoms with Gasteiger partial charge in [-0.15, -0.1) is 0 Å². The van der Waals surface area contributed by atoms with Gasteiger partial charge in [0.25, 0.3) is 0 Å². The number of nitrogens with one attached hydrogen (secondary N) is 2. The highest BCUT2D eigenvalue weighted by Crippen LogP contribution is 2.13. The molecule has 0 spiro atoms. The minimum absolute atomic E-state index is 0.181. The molecule has 0 saturated heterocycles. The molecule has 0 unspecified atom stereocenters. The van der Waals surface area contributed by atoms with E-state index in [0.717, 1.165) is 0 Å². The summed E-state index contributed by atoms with van der Waals surface area (Å²) in [6.45, 7) is 11.9. The molecule has 7 nitrogen and oxygen atoms in total. The van der Waals surface area contributed by atoms with Gasteiger partial charge in [0.1, 0.15) is 6.04 Å². The summed E-state index contributed by atoms with van der Waals surface area (Å²) in [6, 6.07) is 1.28. The zero-order valence-electron chi connectivity index (χ0n) is 19.1. The van der Waals surface area contributed by atoms with Crippen LogP contribution in [-0.2, 0) is 9.59 Å². The van der Waals surface area contributed by atoms with Crippen LogP contribution in [0.5, 0.6) is 0 Å². The van der Waals surface area contributed by atoms with Crippen molar-refractivity contribution in [3.63, 3.8) is 0 Å². The Morgan fingerprint density at radius 2 is 1.40 bits per heavy atom. The van der Waals surface area contributed by atoms with Crippen LogP contribution in [0.1, 0.15) is 71.2 Å². The first-order valence-corrected chi connectivity index (χ1v) is 10.8. The van der Waals surface area contributed by atoms with Gasteiger partial charge < -0.3 is 16.4 Å². The van der Waals surface area contributed by atoms with Crippen molar-refractivity contribution < 1.29 is 14.4 Å². The number of nitrogens with two attached hydrogens (primary N) is 1. The number of amides is 2. The summed E-state index contributed by atoms with van der Waals surface area (Å²) in [5.41, 5.74) is 6.43. The minimum Gasteiger partial charge on any atom is -0.344 e. The lowest BCUT2D eigenvalue weighted by Crippen LogP contribution is -2.55. The molecule has 0 saturated carbocycles. The molecule has 0 aliphatic carbocycles. The highest BCUT2D eigenvalue weighted by atomic mass is 16.2. The normalized spacial score (nSPS) is 14.5. The van der Waals surface area contributed by atoms with Gasteiger partial charge in [0.15, 0.2) is 5.78 Å². The molecule has 168 valence electrons. The van der Waals surface area contributed by atoms with E-state index in [0.29, 0.717) is 24.8 Å². The van der Waals surface area contributed by atoms with Crippen LogP contribution in [-0.4, -0.2) is 40.7 Å². The van der Waals surface area contributed by atoms with E-state index in [1.54, 1.807) is 18.3 Å². The topological polar surface area (TPSA) is 114 Å². The molecule has 4 N–H and O–H groups in total. The van der Waals surface area contributed by atoms with Crippen molar-refractivity contribution in [3.05, 3.63) is 30.1 Å². The first-order chi connectivity index (χ1) is 14.0. The number of ketones is 1. The van der Waals surface area contributed by atoms with E-state index in [1.807, 2.05) is 41.5 Å². The Hall–Kier alpha value is -2.28. The quantitative estimate of drug-likeness (QED) is 0.452. The lowest BCUT2D eigenvalue weighted by molar-refractivity contribution is -0.130. The third-order valence-corrected chi connectivity index (χ3v) is 4.69. The van der Waals surface area contributed by atoms with E-state index in [9.17, 15) is 14.4 Å². The van der Waals surface area contributed by atoms with E-state index in [-0.39, 0.29) is 35.4 Å². The molecule has 0 bridgehead atoms. The molecule has 30 heavy (non-hydrogen) atoms. The van der Waals surface area contributed by atoms with Gasteiger partial charge in [-0.2, -0.15) is 0 Å². The first kappa shape index (κ1) is 25.8. The molecule has 0 radical (unpaired) electrons. The lowest BCUT2D eigenvalue weighted by Gasteiger charge is -2.26. The fourth-order valence-corrected chi connectivity index (χ4v) is 3.28. The molecule has 1 heterocycles.